The van der Waals surface area contributed by atoms with E-state index in [1.165, 1.54) is 6.54 Å². The van der Waals surface area contributed by atoms with Crippen LogP contribution < -0.4 is 0 Å². The van der Waals surface area contributed by atoms with E-state index in [9.17, 15) is 0 Å². The summed E-state index contributed by atoms with van der Waals surface area (Å²) in [5.41, 5.74) is 0. The van der Waals surface area contributed by atoms with Gasteiger partial charge in [0.25, 0.3) is 0 Å². The Balaban J connectivity index is 2.62. The zero-order chi connectivity index (χ0) is 10.7. The Hall–Kier alpha value is -0.0800. The molecule has 0 saturated carbocycles. The third-order valence-electron chi connectivity index (χ3n) is 3.39. The van der Waals surface area contributed by atoms with E-state index >= 15 is 0 Å². The predicted molar refractivity (Wildman–Crippen MR) is 60.5 cm³/mol. The lowest BCUT2D eigenvalue weighted by molar-refractivity contribution is 0.0310. The number of hydrogen-bond donors (Lipinski definition) is 0. The van der Waals surface area contributed by atoms with Gasteiger partial charge in [-0.05, 0) is 32.6 Å². The molecule has 2 heteroatoms. The molecule has 14 heavy (non-hydrogen) atoms. The maximum atomic E-state index is 5.82. The van der Waals surface area contributed by atoms with Gasteiger partial charge >= 0.3 is 0 Å². The lowest BCUT2D eigenvalue weighted by Crippen LogP contribution is -2.38. The minimum Gasteiger partial charge on any atom is -0.377 e. The lowest BCUT2D eigenvalue weighted by atomic mass is 9.90. The highest BCUT2D eigenvalue weighted by Gasteiger charge is 2.27. The first-order chi connectivity index (χ1) is 6.52. The quantitative estimate of drug-likeness (QED) is 0.677. The van der Waals surface area contributed by atoms with Gasteiger partial charge in [0, 0.05) is 19.1 Å². The minimum atomic E-state index is 0.416. The summed E-state index contributed by atoms with van der Waals surface area (Å²) >= 11 is 0. The summed E-state index contributed by atoms with van der Waals surface area (Å²) < 4.78 is 5.82. The second-order valence-corrected chi connectivity index (χ2v) is 5.07. The fourth-order valence-electron chi connectivity index (χ4n) is 2.21. The maximum absolute atomic E-state index is 5.82. The molecule has 1 fully saturated rings. The Morgan fingerprint density at radius 2 is 1.86 bits per heavy atom. The first-order valence-corrected chi connectivity index (χ1v) is 5.88. The zero-order valence-corrected chi connectivity index (χ0v) is 10.3. The molecule has 0 aromatic heterocycles. The fraction of sp³-hybridized carbons (Fsp3) is 1.00. The normalized spacial score (nSPS) is 31.1. The standard InChI is InChI=1S/C12H25NO/c1-9(2)12-8-13(10(3)4)6-7-14-11(12)5/h9-12H,6-8H2,1-5H3/t11-,12?/m0/s1. The van der Waals surface area contributed by atoms with Crippen LogP contribution in [0.2, 0.25) is 0 Å². The Labute approximate surface area is 88.6 Å². The van der Waals surface area contributed by atoms with Crippen molar-refractivity contribution in [3.8, 4) is 0 Å². The Morgan fingerprint density at radius 3 is 2.36 bits per heavy atom. The van der Waals surface area contributed by atoms with Crippen LogP contribution in [0.3, 0.4) is 0 Å². The average molecular weight is 199 g/mol. The summed E-state index contributed by atoms with van der Waals surface area (Å²) in [6, 6.07) is 0.644. The van der Waals surface area contributed by atoms with Crippen LogP contribution in [0, 0.1) is 11.8 Å². The summed E-state index contributed by atoms with van der Waals surface area (Å²) in [6.45, 7) is 14.5. The minimum absolute atomic E-state index is 0.416. The van der Waals surface area contributed by atoms with Crippen LogP contribution in [0.15, 0.2) is 0 Å². The van der Waals surface area contributed by atoms with Gasteiger partial charge in [-0.25, -0.2) is 0 Å². The molecule has 0 N–H and O–H groups in total. The van der Waals surface area contributed by atoms with Crippen LogP contribution in [-0.4, -0.2) is 36.7 Å². The monoisotopic (exact) mass is 199 g/mol. The molecule has 0 amide bonds. The Bertz CT molecular complexity index is 168. The Morgan fingerprint density at radius 1 is 1.21 bits per heavy atom. The number of hydrogen-bond acceptors (Lipinski definition) is 2. The molecule has 84 valence electrons. The smallest absolute Gasteiger partial charge is 0.0597 e. The van der Waals surface area contributed by atoms with Crippen molar-refractivity contribution in [1.82, 2.24) is 4.90 Å². The van der Waals surface area contributed by atoms with E-state index in [4.69, 9.17) is 4.74 Å². The van der Waals surface area contributed by atoms with Gasteiger partial charge in [-0.15, -0.1) is 0 Å². The van der Waals surface area contributed by atoms with Crippen molar-refractivity contribution < 1.29 is 4.74 Å². The molecule has 0 spiro atoms. The maximum Gasteiger partial charge on any atom is 0.0597 e. The third-order valence-corrected chi connectivity index (χ3v) is 3.39. The molecule has 1 heterocycles. The van der Waals surface area contributed by atoms with E-state index in [0.717, 1.165) is 13.2 Å². The molecular formula is C12H25NO. The first kappa shape index (κ1) is 12.0. The number of nitrogens with zero attached hydrogens (tertiary/aromatic N) is 1. The van der Waals surface area contributed by atoms with Crippen molar-refractivity contribution in [1.29, 1.82) is 0 Å². The van der Waals surface area contributed by atoms with Crippen LogP contribution in [0.4, 0.5) is 0 Å². The molecule has 2 atom stereocenters. The second-order valence-electron chi connectivity index (χ2n) is 5.07. The molecule has 0 bridgehead atoms. The van der Waals surface area contributed by atoms with E-state index in [1.54, 1.807) is 0 Å². The van der Waals surface area contributed by atoms with Gasteiger partial charge in [0.05, 0.1) is 12.7 Å². The molecule has 1 rings (SSSR count). The van der Waals surface area contributed by atoms with E-state index in [2.05, 4.69) is 39.5 Å². The molecule has 1 aliphatic rings. The highest BCUT2D eigenvalue weighted by atomic mass is 16.5. The Kier molecular flexibility index (Phi) is 4.39. The van der Waals surface area contributed by atoms with Gasteiger partial charge in [0.2, 0.25) is 0 Å². The lowest BCUT2D eigenvalue weighted by Gasteiger charge is -2.30. The summed E-state index contributed by atoms with van der Waals surface area (Å²) in [7, 11) is 0. The molecule has 0 aliphatic carbocycles. The van der Waals surface area contributed by atoms with E-state index in [0.29, 0.717) is 24.0 Å². The van der Waals surface area contributed by atoms with Crippen LogP contribution in [-0.2, 0) is 4.74 Å². The van der Waals surface area contributed by atoms with Gasteiger partial charge in [-0.3, -0.25) is 4.90 Å². The van der Waals surface area contributed by atoms with Crippen LogP contribution in [0.1, 0.15) is 34.6 Å². The molecule has 0 radical (unpaired) electrons. The molecule has 1 saturated heterocycles. The van der Waals surface area contributed by atoms with Crippen LogP contribution >= 0.6 is 0 Å². The molecular weight excluding hydrogens is 174 g/mol. The summed E-state index contributed by atoms with van der Waals surface area (Å²) in [5.74, 6) is 1.39. The summed E-state index contributed by atoms with van der Waals surface area (Å²) in [4.78, 5) is 2.54. The van der Waals surface area contributed by atoms with Crippen molar-refractivity contribution >= 4 is 0 Å². The SMILES string of the molecule is CC(C)C1CN(C(C)C)CCO[C@H]1C. The summed E-state index contributed by atoms with van der Waals surface area (Å²) in [5, 5.41) is 0. The highest BCUT2D eigenvalue weighted by molar-refractivity contribution is 4.78. The van der Waals surface area contributed by atoms with Crippen molar-refractivity contribution in [3.63, 3.8) is 0 Å². The highest BCUT2D eigenvalue weighted by Crippen LogP contribution is 2.22. The van der Waals surface area contributed by atoms with Crippen molar-refractivity contribution in [2.45, 2.75) is 46.8 Å². The molecule has 2 nitrogen and oxygen atoms in total. The van der Waals surface area contributed by atoms with Crippen molar-refractivity contribution in [3.05, 3.63) is 0 Å². The first-order valence-electron chi connectivity index (χ1n) is 5.88. The molecule has 1 unspecified atom stereocenters. The van der Waals surface area contributed by atoms with E-state index in [1.807, 2.05) is 0 Å². The van der Waals surface area contributed by atoms with Crippen molar-refractivity contribution in [2.75, 3.05) is 19.7 Å². The predicted octanol–water partition coefficient (Wildman–Crippen LogP) is 2.39. The van der Waals surface area contributed by atoms with Gasteiger partial charge in [-0.2, -0.15) is 0 Å². The number of rotatable bonds is 2. The van der Waals surface area contributed by atoms with E-state index in [-0.39, 0.29) is 0 Å². The van der Waals surface area contributed by atoms with Gasteiger partial charge in [0.15, 0.2) is 0 Å². The van der Waals surface area contributed by atoms with Crippen LogP contribution in [0.25, 0.3) is 0 Å². The third kappa shape index (κ3) is 2.96. The van der Waals surface area contributed by atoms with Gasteiger partial charge in [0.1, 0.15) is 0 Å². The van der Waals surface area contributed by atoms with Gasteiger partial charge in [-0.1, -0.05) is 13.8 Å². The molecule has 1 aliphatic heterocycles. The molecule has 0 aromatic rings. The number of ether oxygens (including phenoxy) is 1. The summed E-state index contributed by atoms with van der Waals surface area (Å²) in [6.07, 6.45) is 0.416. The van der Waals surface area contributed by atoms with Crippen LogP contribution in [0.5, 0.6) is 0 Å². The average Bonchev–Trinajstić information content (AvgIpc) is 2.26. The zero-order valence-electron chi connectivity index (χ0n) is 10.3. The molecule has 0 aromatic carbocycles. The van der Waals surface area contributed by atoms with Crippen molar-refractivity contribution in [2.24, 2.45) is 11.8 Å². The largest absolute Gasteiger partial charge is 0.377 e. The topological polar surface area (TPSA) is 12.5 Å². The fourth-order valence-corrected chi connectivity index (χ4v) is 2.21. The van der Waals surface area contributed by atoms with E-state index < -0.39 is 0 Å². The second kappa shape index (κ2) is 5.13. The van der Waals surface area contributed by atoms with Gasteiger partial charge < -0.3 is 4.74 Å².